The van der Waals surface area contributed by atoms with Gasteiger partial charge in [-0.1, -0.05) is 43.2 Å². The first-order chi connectivity index (χ1) is 8.76. The van der Waals surface area contributed by atoms with Crippen molar-refractivity contribution in [2.75, 3.05) is 20.3 Å². The Balaban J connectivity index is 2.26. The Bertz CT molecular complexity index is 394. The van der Waals surface area contributed by atoms with Gasteiger partial charge in [-0.2, -0.15) is 0 Å². The standard InChI is InChI=1S/C15H21NO2/c1-18-12-11-16-14(13-7-3-2-4-8-13)15(17)9-5-6-10-15/h2-4,7-8,17H,5-6,9-12H2,1H3. The molecular formula is C15H21NO2. The topological polar surface area (TPSA) is 41.8 Å². The van der Waals surface area contributed by atoms with Gasteiger partial charge in [-0.05, 0) is 18.4 Å². The largest absolute Gasteiger partial charge is 0.384 e. The lowest BCUT2D eigenvalue weighted by Crippen LogP contribution is -2.36. The summed E-state index contributed by atoms with van der Waals surface area (Å²) >= 11 is 0. The number of ether oxygens (including phenoxy) is 1. The molecule has 0 saturated heterocycles. The molecule has 0 atom stereocenters. The van der Waals surface area contributed by atoms with Crippen molar-refractivity contribution in [2.24, 2.45) is 4.99 Å². The molecule has 0 radical (unpaired) electrons. The summed E-state index contributed by atoms with van der Waals surface area (Å²) in [5.74, 6) is 0. The van der Waals surface area contributed by atoms with Crippen LogP contribution in [0.2, 0.25) is 0 Å². The van der Waals surface area contributed by atoms with Gasteiger partial charge < -0.3 is 9.84 Å². The Hall–Kier alpha value is -1.19. The van der Waals surface area contributed by atoms with Gasteiger partial charge in [0.25, 0.3) is 0 Å². The SMILES string of the molecule is COCCN=C(c1ccccc1)C1(O)CCCC1. The third kappa shape index (κ3) is 2.98. The summed E-state index contributed by atoms with van der Waals surface area (Å²) < 4.78 is 5.03. The van der Waals surface area contributed by atoms with Gasteiger partial charge in [-0.3, -0.25) is 4.99 Å². The number of hydrogen-bond acceptors (Lipinski definition) is 3. The number of aliphatic imine (C=N–C) groups is 1. The summed E-state index contributed by atoms with van der Waals surface area (Å²) in [5, 5.41) is 10.7. The van der Waals surface area contributed by atoms with Crippen LogP contribution in [0, 0.1) is 0 Å². The predicted octanol–water partition coefficient (Wildman–Crippen LogP) is 2.43. The van der Waals surface area contributed by atoms with Crippen LogP contribution in [0.25, 0.3) is 0 Å². The molecule has 0 aromatic heterocycles. The summed E-state index contributed by atoms with van der Waals surface area (Å²) in [6, 6.07) is 9.98. The van der Waals surface area contributed by atoms with Crippen LogP contribution in [0.3, 0.4) is 0 Å². The van der Waals surface area contributed by atoms with Gasteiger partial charge in [0.1, 0.15) is 5.60 Å². The minimum absolute atomic E-state index is 0.590. The fraction of sp³-hybridized carbons (Fsp3) is 0.533. The zero-order chi connectivity index (χ0) is 12.8. The van der Waals surface area contributed by atoms with E-state index in [9.17, 15) is 5.11 Å². The van der Waals surface area contributed by atoms with Gasteiger partial charge in [0.2, 0.25) is 0 Å². The van der Waals surface area contributed by atoms with Crippen LogP contribution < -0.4 is 0 Å². The maximum absolute atomic E-state index is 10.7. The van der Waals surface area contributed by atoms with Gasteiger partial charge in [-0.25, -0.2) is 0 Å². The van der Waals surface area contributed by atoms with E-state index in [1.54, 1.807) is 7.11 Å². The van der Waals surface area contributed by atoms with Gasteiger partial charge in [0.15, 0.2) is 0 Å². The van der Waals surface area contributed by atoms with E-state index in [0.29, 0.717) is 13.2 Å². The minimum Gasteiger partial charge on any atom is -0.384 e. The van der Waals surface area contributed by atoms with Crippen LogP contribution in [-0.4, -0.2) is 36.7 Å². The average molecular weight is 247 g/mol. The van der Waals surface area contributed by atoms with Gasteiger partial charge in [-0.15, -0.1) is 0 Å². The van der Waals surface area contributed by atoms with Crippen molar-refractivity contribution in [1.82, 2.24) is 0 Å². The molecule has 0 heterocycles. The van der Waals surface area contributed by atoms with E-state index in [1.807, 2.05) is 30.3 Å². The molecule has 1 aliphatic carbocycles. The maximum Gasteiger partial charge on any atom is 0.107 e. The van der Waals surface area contributed by atoms with Crippen LogP contribution in [0.4, 0.5) is 0 Å². The number of benzene rings is 1. The summed E-state index contributed by atoms with van der Waals surface area (Å²) in [5.41, 5.74) is 1.12. The molecule has 1 saturated carbocycles. The van der Waals surface area contributed by atoms with Crippen LogP contribution in [-0.2, 0) is 4.74 Å². The molecule has 3 nitrogen and oxygen atoms in total. The van der Waals surface area contributed by atoms with E-state index >= 15 is 0 Å². The van der Waals surface area contributed by atoms with Crippen LogP contribution in [0.15, 0.2) is 35.3 Å². The zero-order valence-corrected chi connectivity index (χ0v) is 10.9. The lowest BCUT2D eigenvalue weighted by Gasteiger charge is -2.25. The van der Waals surface area contributed by atoms with Crippen molar-refractivity contribution in [3.63, 3.8) is 0 Å². The highest BCUT2D eigenvalue weighted by molar-refractivity contribution is 6.06. The van der Waals surface area contributed by atoms with Gasteiger partial charge >= 0.3 is 0 Å². The highest BCUT2D eigenvalue weighted by Gasteiger charge is 2.36. The molecule has 3 heteroatoms. The zero-order valence-electron chi connectivity index (χ0n) is 10.9. The van der Waals surface area contributed by atoms with E-state index in [4.69, 9.17) is 4.74 Å². The van der Waals surface area contributed by atoms with E-state index in [2.05, 4.69) is 4.99 Å². The number of nitrogens with zero attached hydrogens (tertiary/aromatic N) is 1. The summed E-state index contributed by atoms with van der Waals surface area (Å²) in [4.78, 5) is 4.58. The third-order valence-electron chi connectivity index (χ3n) is 3.48. The Kier molecular flexibility index (Phi) is 4.50. The Labute approximate surface area is 109 Å². The molecule has 0 amide bonds. The van der Waals surface area contributed by atoms with Crippen LogP contribution >= 0.6 is 0 Å². The molecule has 2 rings (SSSR count). The Morgan fingerprint density at radius 2 is 1.94 bits per heavy atom. The van der Waals surface area contributed by atoms with Crippen LogP contribution in [0.1, 0.15) is 31.2 Å². The minimum atomic E-state index is -0.741. The number of hydrogen-bond donors (Lipinski definition) is 1. The Morgan fingerprint density at radius 3 is 2.56 bits per heavy atom. The summed E-state index contributed by atoms with van der Waals surface area (Å²) in [6.45, 7) is 1.19. The van der Waals surface area contributed by atoms with E-state index in [-0.39, 0.29) is 0 Å². The lowest BCUT2D eigenvalue weighted by atomic mass is 9.90. The van der Waals surface area contributed by atoms with Gasteiger partial charge in [0.05, 0.1) is 18.9 Å². The van der Waals surface area contributed by atoms with Crippen molar-refractivity contribution >= 4 is 5.71 Å². The van der Waals surface area contributed by atoms with E-state index < -0.39 is 5.60 Å². The smallest absolute Gasteiger partial charge is 0.107 e. The molecule has 1 aliphatic rings. The van der Waals surface area contributed by atoms with Crippen molar-refractivity contribution in [3.8, 4) is 0 Å². The molecular weight excluding hydrogens is 226 g/mol. The molecule has 1 aromatic carbocycles. The van der Waals surface area contributed by atoms with Crippen molar-refractivity contribution in [1.29, 1.82) is 0 Å². The van der Waals surface area contributed by atoms with Gasteiger partial charge in [0, 0.05) is 7.11 Å². The first kappa shape index (κ1) is 13.2. The number of rotatable bonds is 5. The fourth-order valence-corrected chi connectivity index (χ4v) is 2.55. The summed E-state index contributed by atoms with van der Waals surface area (Å²) in [7, 11) is 1.67. The lowest BCUT2D eigenvalue weighted by molar-refractivity contribution is 0.120. The first-order valence-corrected chi connectivity index (χ1v) is 6.58. The van der Waals surface area contributed by atoms with Crippen LogP contribution in [0.5, 0.6) is 0 Å². The van der Waals surface area contributed by atoms with Crippen molar-refractivity contribution < 1.29 is 9.84 Å². The molecule has 0 unspecified atom stereocenters. The normalized spacial score (nSPS) is 19.1. The quantitative estimate of drug-likeness (QED) is 0.641. The van der Waals surface area contributed by atoms with Crippen molar-refractivity contribution in [2.45, 2.75) is 31.3 Å². The average Bonchev–Trinajstić information content (AvgIpc) is 2.83. The van der Waals surface area contributed by atoms with E-state index in [1.165, 1.54) is 0 Å². The maximum atomic E-state index is 10.7. The molecule has 0 aliphatic heterocycles. The molecule has 0 spiro atoms. The molecule has 1 N–H and O–H groups in total. The molecule has 98 valence electrons. The first-order valence-electron chi connectivity index (χ1n) is 6.58. The molecule has 0 bridgehead atoms. The predicted molar refractivity (Wildman–Crippen MR) is 73.1 cm³/mol. The summed E-state index contributed by atoms with van der Waals surface area (Å²) in [6.07, 6.45) is 3.78. The Morgan fingerprint density at radius 1 is 1.28 bits per heavy atom. The second-order valence-electron chi connectivity index (χ2n) is 4.83. The highest BCUT2D eigenvalue weighted by atomic mass is 16.5. The molecule has 1 aromatic rings. The number of methoxy groups -OCH3 is 1. The monoisotopic (exact) mass is 247 g/mol. The highest BCUT2D eigenvalue weighted by Crippen LogP contribution is 2.33. The second-order valence-corrected chi connectivity index (χ2v) is 4.83. The fourth-order valence-electron chi connectivity index (χ4n) is 2.55. The molecule has 1 fully saturated rings. The molecule has 18 heavy (non-hydrogen) atoms. The number of aliphatic hydroxyl groups is 1. The second kappa shape index (κ2) is 6.12. The van der Waals surface area contributed by atoms with E-state index in [0.717, 1.165) is 37.0 Å². The third-order valence-corrected chi connectivity index (χ3v) is 3.48. The van der Waals surface area contributed by atoms with Crippen molar-refractivity contribution in [3.05, 3.63) is 35.9 Å².